The molecule has 168 valence electrons. The average molecular weight is 468 g/mol. The van der Waals surface area contributed by atoms with Gasteiger partial charge in [-0.15, -0.1) is 11.3 Å². The van der Waals surface area contributed by atoms with Crippen molar-refractivity contribution in [2.24, 2.45) is 0 Å². The SMILES string of the molecule is Cc1cccc(C2C(C(=O)c3cccs3)=C(O)C(=O)N2c2ccc(Oc3ccccc3)cc2)c1. The fourth-order valence-electron chi connectivity index (χ4n) is 4.10. The zero-order valence-corrected chi connectivity index (χ0v) is 19.2. The number of hydrogen-bond donors (Lipinski definition) is 1. The molecule has 0 saturated heterocycles. The van der Waals surface area contributed by atoms with Gasteiger partial charge in [0, 0.05) is 5.69 Å². The minimum atomic E-state index is -0.747. The molecule has 4 aromatic rings. The Bertz CT molecular complexity index is 1380. The van der Waals surface area contributed by atoms with Crippen LogP contribution >= 0.6 is 11.3 Å². The molecule has 0 spiro atoms. The third kappa shape index (κ3) is 4.00. The van der Waals surface area contributed by atoms with E-state index in [-0.39, 0.29) is 11.4 Å². The molecule has 1 N–H and O–H groups in total. The highest BCUT2D eigenvalue weighted by Gasteiger charge is 2.44. The van der Waals surface area contributed by atoms with Gasteiger partial charge in [-0.3, -0.25) is 14.5 Å². The fraction of sp³-hybridized carbons (Fsp3) is 0.0714. The maximum atomic E-state index is 13.4. The van der Waals surface area contributed by atoms with Crippen LogP contribution in [0.5, 0.6) is 11.5 Å². The van der Waals surface area contributed by atoms with Crippen molar-refractivity contribution in [2.75, 3.05) is 4.90 Å². The van der Waals surface area contributed by atoms with Gasteiger partial charge in [-0.05, 0) is 60.3 Å². The summed E-state index contributed by atoms with van der Waals surface area (Å²) in [6.07, 6.45) is 0. The van der Waals surface area contributed by atoms with Crippen molar-refractivity contribution in [1.29, 1.82) is 0 Å². The minimum absolute atomic E-state index is 0.0858. The second-order valence-corrected chi connectivity index (χ2v) is 8.92. The van der Waals surface area contributed by atoms with E-state index in [2.05, 4.69) is 0 Å². The monoisotopic (exact) mass is 467 g/mol. The van der Waals surface area contributed by atoms with Crippen LogP contribution < -0.4 is 9.64 Å². The molecule has 0 fully saturated rings. The molecule has 6 heteroatoms. The van der Waals surface area contributed by atoms with Crippen LogP contribution in [0.2, 0.25) is 0 Å². The molecular weight excluding hydrogens is 446 g/mol. The lowest BCUT2D eigenvalue weighted by Crippen LogP contribution is -2.31. The van der Waals surface area contributed by atoms with Gasteiger partial charge in [0.2, 0.25) is 5.78 Å². The number of ether oxygens (including phenoxy) is 1. The Hall–Kier alpha value is -4.16. The van der Waals surface area contributed by atoms with Crippen molar-refractivity contribution in [3.8, 4) is 11.5 Å². The number of carbonyl (C=O) groups excluding carboxylic acids is 2. The van der Waals surface area contributed by atoms with Gasteiger partial charge in [-0.25, -0.2) is 0 Å². The number of hydrogen-bond acceptors (Lipinski definition) is 5. The normalized spacial score (nSPS) is 15.6. The number of aliphatic hydroxyl groups is 1. The van der Waals surface area contributed by atoms with Gasteiger partial charge in [0.25, 0.3) is 5.91 Å². The van der Waals surface area contributed by atoms with Crippen LogP contribution in [0.4, 0.5) is 5.69 Å². The van der Waals surface area contributed by atoms with E-state index in [1.54, 1.807) is 41.8 Å². The molecule has 5 nitrogen and oxygen atoms in total. The summed E-state index contributed by atoms with van der Waals surface area (Å²) >= 11 is 1.28. The number of aliphatic hydroxyl groups excluding tert-OH is 1. The molecule has 0 bridgehead atoms. The van der Waals surface area contributed by atoms with Crippen LogP contribution in [-0.4, -0.2) is 16.8 Å². The summed E-state index contributed by atoms with van der Waals surface area (Å²) in [7, 11) is 0. The first-order valence-corrected chi connectivity index (χ1v) is 11.7. The lowest BCUT2D eigenvalue weighted by Gasteiger charge is -2.27. The third-order valence-corrected chi connectivity index (χ3v) is 6.52. The number of benzene rings is 3. The number of nitrogens with zero attached hydrogens (tertiary/aromatic N) is 1. The first-order valence-electron chi connectivity index (χ1n) is 10.8. The Kier molecular flexibility index (Phi) is 5.74. The summed E-state index contributed by atoms with van der Waals surface area (Å²) in [6, 6.07) is 26.8. The van der Waals surface area contributed by atoms with Crippen LogP contribution in [0.15, 0.2) is 108 Å². The van der Waals surface area contributed by atoms with Crippen molar-refractivity contribution in [3.05, 3.63) is 124 Å². The number of carbonyl (C=O) groups is 2. The number of Topliss-reactive ketones (excluding diaryl/α,β-unsaturated/α-hetero) is 1. The van der Waals surface area contributed by atoms with Crippen molar-refractivity contribution >= 4 is 28.7 Å². The molecule has 34 heavy (non-hydrogen) atoms. The van der Waals surface area contributed by atoms with Crippen LogP contribution in [0.25, 0.3) is 0 Å². The van der Waals surface area contributed by atoms with E-state index in [9.17, 15) is 14.7 Å². The zero-order valence-electron chi connectivity index (χ0n) is 18.3. The van der Waals surface area contributed by atoms with Crippen molar-refractivity contribution in [2.45, 2.75) is 13.0 Å². The van der Waals surface area contributed by atoms with Gasteiger partial charge in [-0.2, -0.15) is 0 Å². The molecule has 3 aromatic carbocycles. The van der Waals surface area contributed by atoms with Gasteiger partial charge in [0.15, 0.2) is 5.76 Å². The summed E-state index contributed by atoms with van der Waals surface area (Å²) in [4.78, 5) is 28.6. The third-order valence-electron chi connectivity index (χ3n) is 5.65. The molecule has 0 radical (unpaired) electrons. The Balaban J connectivity index is 1.54. The molecule has 1 unspecified atom stereocenters. The molecule has 1 amide bonds. The van der Waals surface area contributed by atoms with Crippen LogP contribution in [0.1, 0.15) is 26.8 Å². The summed E-state index contributed by atoms with van der Waals surface area (Å²) in [5, 5.41) is 12.7. The van der Waals surface area contributed by atoms with E-state index in [0.717, 1.165) is 11.1 Å². The minimum Gasteiger partial charge on any atom is -0.503 e. The topological polar surface area (TPSA) is 66.8 Å². The lowest BCUT2D eigenvalue weighted by molar-refractivity contribution is -0.117. The quantitative estimate of drug-likeness (QED) is 0.323. The summed E-state index contributed by atoms with van der Waals surface area (Å²) in [5.74, 6) is -0.161. The van der Waals surface area contributed by atoms with Gasteiger partial charge in [0.05, 0.1) is 16.5 Å². The number of anilines is 1. The Morgan fingerprint density at radius 1 is 0.912 bits per heavy atom. The summed E-state index contributed by atoms with van der Waals surface area (Å²) in [6.45, 7) is 1.95. The fourth-order valence-corrected chi connectivity index (χ4v) is 4.78. The molecule has 0 aliphatic carbocycles. The van der Waals surface area contributed by atoms with Crippen LogP contribution in [0.3, 0.4) is 0 Å². The Morgan fingerprint density at radius 3 is 2.32 bits per heavy atom. The summed E-state index contributed by atoms with van der Waals surface area (Å²) < 4.78 is 5.86. The van der Waals surface area contributed by atoms with Crippen molar-refractivity contribution in [3.63, 3.8) is 0 Å². The highest BCUT2D eigenvalue weighted by Crippen LogP contribution is 2.43. The Labute approximate surface area is 201 Å². The maximum Gasteiger partial charge on any atom is 0.294 e. The zero-order chi connectivity index (χ0) is 23.7. The van der Waals surface area contributed by atoms with Crippen molar-refractivity contribution in [1.82, 2.24) is 0 Å². The average Bonchev–Trinajstić information content (AvgIpc) is 3.48. The van der Waals surface area contributed by atoms with E-state index in [0.29, 0.717) is 22.1 Å². The number of aryl methyl sites for hydroxylation is 1. The number of rotatable bonds is 6. The largest absolute Gasteiger partial charge is 0.503 e. The predicted octanol–water partition coefficient (Wildman–Crippen LogP) is 6.63. The van der Waals surface area contributed by atoms with Crippen LogP contribution in [-0.2, 0) is 4.79 Å². The molecule has 1 aliphatic rings. The van der Waals surface area contributed by atoms with Crippen molar-refractivity contribution < 1.29 is 19.4 Å². The van der Waals surface area contributed by atoms with E-state index in [4.69, 9.17) is 4.74 Å². The van der Waals surface area contributed by atoms with Crippen LogP contribution in [0, 0.1) is 6.92 Å². The highest BCUT2D eigenvalue weighted by atomic mass is 32.1. The molecule has 5 rings (SSSR count). The molecule has 1 aromatic heterocycles. The van der Waals surface area contributed by atoms with E-state index in [1.807, 2.05) is 61.5 Å². The number of amides is 1. The van der Waals surface area contributed by atoms with Gasteiger partial charge >= 0.3 is 0 Å². The highest BCUT2D eigenvalue weighted by molar-refractivity contribution is 7.12. The van der Waals surface area contributed by atoms with E-state index < -0.39 is 17.7 Å². The van der Waals surface area contributed by atoms with Gasteiger partial charge in [0.1, 0.15) is 11.5 Å². The molecule has 0 saturated carbocycles. The molecule has 1 aliphatic heterocycles. The summed E-state index contributed by atoms with van der Waals surface area (Å²) in [5.41, 5.74) is 2.38. The first-order chi connectivity index (χ1) is 16.5. The standard InChI is InChI=1S/C28H21NO4S/c1-18-7-5-8-19(17-18)25-24(26(30)23-11-6-16-34-23)27(31)28(32)29(25)20-12-14-22(15-13-20)33-21-9-3-2-4-10-21/h2-17,25,31H,1H3. The smallest absolute Gasteiger partial charge is 0.294 e. The van der Waals surface area contributed by atoms with E-state index >= 15 is 0 Å². The van der Waals surface area contributed by atoms with Gasteiger partial charge in [-0.1, -0.05) is 54.1 Å². The molecule has 1 atom stereocenters. The van der Waals surface area contributed by atoms with Gasteiger partial charge < -0.3 is 9.84 Å². The first kappa shape index (κ1) is 21.7. The lowest BCUT2D eigenvalue weighted by atomic mass is 9.94. The predicted molar refractivity (Wildman–Crippen MR) is 133 cm³/mol. The second kappa shape index (κ2) is 9.00. The maximum absolute atomic E-state index is 13.4. The number of para-hydroxylation sites is 1. The number of thiophene rings is 1. The number of ketones is 1. The molecular formula is C28H21NO4S. The second-order valence-electron chi connectivity index (χ2n) is 7.97. The van der Waals surface area contributed by atoms with E-state index in [1.165, 1.54) is 16.2 Å². The Morgan fingerprint density at radius 2 is 1.65 bits per heavy atom. The molecule has 2 heterocycles.